The summed E-state index contributed by atoms with van der Waals surface area (Å²) in [7, 11) is 0. The van der Waals surface area contributed by atoms with E-state index in [0.717, 1.165) is 12.1 Å². The number of carbonyl (C=O) groups is 1. The minimum Gasteiger partial charge on any atom is -0.462 e. The molecule has 2 aromatic rings. The summed E-state index contributed by atoms with van der Waals surface area (Å²) in [5.74, 6) is 1.51. The van der Waals surface area contributed by atoms with E-state index < -0.39 is 0 Å². The Morgan fingerprint density at radius 1 is 0.920 bits per heavy atom. The van der Waals surface area contributed by atoms with Crippen molar-refractivity contribution in [1.82, 2.24) is 0 Å². The van der Waals surface area contributed by atoms with Gasteiger partial charge in [-0.1, -0.05) is 30.4 Å². The molecule has 0 amide bonds. The van der Waals surface area contributed by atoms with E-state index >= 15 is 0 Å². The van der Waals surface area contributed by atoms with E-state index in [-0.39, 0.29) is 5.97 Å². The molecule has 2 bridgehead atoms. The fourth-order valence-corrected chi connectivity index (χ4v) is 3.63. The maximum absolute atomic E-state index is 12.2. The zero-order valence-corrected chi connectivity index (χ0v) is 13.9. The summed E-state index contributed by atoms with van der Waals surface area (Å²) in [4.78, 5) is 12.2. The molecule has 0 aliphatic heterocycles. The molecule has 1 saturated carbocycles. The first kappa shape index (κ1) is 15.8. The average molecular weight is 332 g/mol. The highest BCUT2D eigenvalue weighted by Crippen LogP contribution is 2.43. The lowest BCUT2D eigenvalue weighted by Crippen LogP contribution is -2.17. The molecule has 0 spiro atoms. The van der Waals surface area contributed by atoms with Crippen molar-refractivity contribution < 1.29 is 9.53 Å². The monoisotopic (exact) mass is 332 g/mol. The van der Waals surface area contributed by atoms with Gasteiger partial charge in [-0.3, -0.25) is 0 Å². The van der Waals surface area contributed by atoms with Crippen LogP contribution in [0.4, 0.5) is 11.4 Å². The molecular weight excluding hydrogens is 312 g/mol. The Balaban J connectivity index is 1.32. The lowest BCUT2D eigenvalue weighted by molar-refractivity contribution is 0.0421. The second kappa shape index (κ2) is 7.01. The molecule has 3 atom stereocenters. The maximum Gasteiger partial charge on any atom is 0.338 e. The van der Waals surface area contributed by atoms with E-state index in [0.29, 0.717) is 35.6 Å². The van der Waals surface area contributed by atoms with Gasteiger partial charge in [0.25, 0.3) is 0 Å². The van der Waals surface area contributed by atoms with Gasteiger partial charge >= 0.3 is 5.97 Å². The third-order valence-corrected chi connectivity index (χ3v) is 4.99. The summed E-state index contributed by atoms with van der Waals surface area (Å²) in [6, 6.07) is 16.6. The summed E-state index contributed by atoms with van der Waals surface area (Å²) >= 11 is 0. The Bertz CT molecular complexity index is 796. The fraction of sp³-hybridized carbons (Fsp3) is 0.286. The quantitative estimate of drug-likeness (QED) is 0.414. The largest absolute Gasteiger partial charge is 0.462 e. The SMILES string of the molecule is O=C(OCC1CC2C=CC1C2)c1ccc(N=Nc2ccccc2)cc1. The summed E-state index contributed by atoms with van der Waals surface area (Å²) in [6.45, 7) is 0.514. The Kier molecular flexibility index (Phi) is 4.42. The van der Waals surface area contributed by atoms with E-state index in [1.165, 1.54) is 6.42 Å². The normalized spacial score (nSPS) is 24.1. The molecule has 4 heteroatoms. The highest BCUT2D eigenvalue weighted by molar-refractivity contribution is 5.89. The van der Waals surface area contributed by atoms with Crippen molar-refractivity contribution in [2.24, 2.45) is 28.0 Å². The zero-order valence-electron chi connectivity index (χ0n) is 13.9. The molecule has 126 valence electrons. The smallest absolute Gasteiger partial charge is 0.338 e. The van der Waals surface area contributed by atoms with Crippen molar-refractivity contribution in [3.05, 3.63) is 72.3 Å². The fourth-order valence-electron chi connectivity index (χ4n) is 3.63. The lowest BCUT2D eigenvalue weighted by Gasteiger charge is -2.17. The van der Waals surface area contributed by atoms with Crippen molar-refractivity contribution in [1.29, 1.82) is 0 Å². The molecule has 2 aliphatic carbocycles. The Morgan fingerprint density at radius 2 is 1.64 bits per heavy atom. The molecule has 0 heterocycles. The maximum atomic E-state index is 12.2. The molecule has 0 radical (unpaired) electrons. The number of hydrogen-bond acceptors (Lipinski definition) is 4. The van der Waals surface area contributed by atoms with Crippen molar-refractivity contribution in [3.8, 4) is 0 Å². The van der Waals surface area contributed by atoms with Gasteiger partial charge in [-0.05, 0) is 67.0 Å². The summed E-state index contributed by atoms with van der Waals surface area (Å²) in [5.41, 5.74) is 2.06. The standard InChI is InChI=1S/C21H20N2O2/c24-21(25-14-18-13-15-6-7-17(18)12-15)16-8-10-20(11-9-16)23-22-19-4-2-1-3-5-19/h1-11,15,17-18H,12-14H2. The van der Waals surface area contributed by atoms with Crippen molar-refractivity contribution in [3.63, 3.8) is 0 Å². The summed E-state index contributed by atoms with van der Waals surface area (Å²) in [5, 5.41) is 8.34. The van der Waals surface area contributed by atoms with Gasteiger partial charge in [-0.2, -0.15) is 10.2 Å². The number of nitrogens with zero attached hydrogens (tertiary/aromatic N) is 2. The van der Waals surface area contributed by atoms with Crippen LogP contribution in [0, 0.1) is 17.8 Å². The highest BCUT2D eigenvalue weighted by atomic mass is 16.5. The molecule has 2 aliphatic rings. The van der Waals surface area contributed by atoms with Crippen molar-refractivity contribution in [2.75, 3.05) is 6.61 Å². The Labute approximate surface area is 147 Å². The van der Waals surface area contributed by atoms with Gasteiger partial charge in [0.15, 0.2) is 0 Å². The number of azo groups is 1. The van der Waals surface area contributed by atoms with Crippen molar-refractivity contribution in [2.45, 2.75) is 12.8 Å². The van der Waals surface area contributed by atoms with Gasteiger partial charge in [-0.25, -0.2) is 4.79 Å². The number of benzene rings is 2. The molecule has 0 N–H and O–H groups in total. The van der Waals surface area contributed by atoms with Crippen LogP contribution in [0.3, 0.4) is 0 Å². The van der Waals surface area contributed by atoms with Crippen molar-refractivity contribution >= 4 is 17.3 Å². The Morgan fingerprint density at radius 3 is 2.28 bits per heavy atom. The second-order valence-electron chi connectivity index (χ2n) is 6.72. The first-order valence-electron chi connectivity index (χ1n) is 8.70. The molecule has 3 unspecified atom stereocenters. The van der Waals surface area contributed by atoms with Crippen LogP contribution >= 0.6 is 0 Å². The zero-order chi connectivity index (χ0) is 17.1. The van der Waals surface area contributed by atoms with Gasteiger partial charge in [0.2, 0.25) is 0 Å². The number of esters is 1. The van der Waals surface area contributed by atoms with Crippen LogP contribution in [0.15, 0.2) is 77.0 Å². The summed E-state index contributed by atoms with van der Waals surface area (Å²) in [6.07, 6.45) is 6.95. The minimum atomic E-state index is -0.265. The van der Waals surface area contributed by atoms with Crippen LogP contribution in [0.1, 0.15) is 23.2 Å². The van der Waals surface area contributed by atoms with Crippen LogP contribution in [0.5, 0.6) is 0 Å². The molecule has 0 aromatic heterocycles. The minimum absolute atomic E-state index is 0.265. The van der Waals surface area contributed by atoms with Crippen LogP contribution in [-0.2, 0) is 4.74 Å². The van der Waals surface area contributed by atoms with E-state index in [4.69, 9.17) is 4.74 Å². The molecule has 0 saturated heterocycles. The van der Waals surface area contributed by atoms with Crippen LogP contribution in [-0.4, -0.2) is 12.6 Å². The molecular formula is C21H20N2O2. The van der Waals surface area contributed by atoms with Crippen LogP contribution < -0.4 is 0 Å². The van der Waals surface area contributed by atoms with Crippen LogP contribution in [0.2, 0.25) is 0 Å². The number of fused-ring (bicyclic) bond motifs is 2. The van der Waals surface area contributed by atoms with Gasteiger partial charge in [0, 0.05) is 0 Å². The number of hydrogen-bond donors (Lipinski definition) is 0. The Hall–Kier alpha value is -2.75. The van der Waals surface area contributed by atoms with E-state index in [1.54, 1.807) is 24.3 Å². The molecule has 1 fully saturated rings. The molecule has 2 aromatic carbocycles. The molecule has 25 heavy (non-hydrogen) atoms. The third-order valence-electron chi connectivity index (χ3n) is 4.99. The van der Waals surface area contributed by atoms with E-state index in [2.05, 4.69) is 22.4 Å². The third kappa shape index (κ3) is 3.68. The first-order valence-corrected chi connectivity index (χ1v) is 8.70. The summed E-state index contributed by atoms with van der Waals surface area (Å²) < 4.78 is 5.51. The number of carbonyl (C=O) groups excluding carboxylic acids is 1. The van der Waals surface area contributed by atoms with E-state index in [1.807, 2.05) is 30.3 Å². The average Bonchev–Trinajstić information content (AvgIpc) is 3.29. The van der Waals surface area contributed by atoms with Gasteiger partial charge in [-0.15, -0.1) is 0 Å². The first-order chi connectivity index (χ1) is 12.3. The van der Waals surface area contributed by atoms with Gasteiger partial charge < -0.3 is 4.74 Å². The molecule has 4 rings (SSSR count). The lowest BCUT2D eigenvalue weighted by atomic mass is 9.95. The van der Waals surface area contributed by atoms with Crippen LogP contribution in [0.25, 0.3) is 0 Å². The van der Waals surface area contributed by atoms with Gasteiger partial charge in [0.05, 0.1) is 23.5 Å². The number of allylic oxidation sites excluding steroid dienone is 2. The van der Waals surface area contributed by atoms with Gasteiger partial charge in [0.1, 0.15) is 0 Å². The highest BCUT2D eigenvalue weighted by Gasteiger charge is 2.36. The number of ether oxygens (including phenoxy) is 1. The second-order valence-corrected chi connectivity index (χ2v) is 6.72. The topological polar surface area (TPSA) is 51.0 Å². The number of rotatable bonds is 5. The predicted molar refractivity (Wildman–Crippen MR) is 96.2 cm³/mol. The predicted octanol–water partition coefficient (Wildman–Crippen LogP) is 5.47. The molecule has 4 nitrogen and oxygen atoms in total. The van der Waals surface area contributed by atoms with E-state index in [9.17, 15) is 4.79 Å².